The molecule has 2 saturated heterocycles. The van der Waals surface area contributed by atoms with Crippen molar-refractivity contribution in [1.82, 2.24) is 15.0 Å². The smallest absolute Gasteiger partial charge is 0.249 e. The maximum atomic E-state index is 13.0. The standard InChI is InChI=1S/C19H29N3O4/c23-19(15-6-10-24-11-7-15)22-9-2-1-3-16(22)18-20-17(21-26-18)8-12-25-13-14-4-5-14/h14-16H,1-13H2. The Hall–Kier alpha value is -1.47. The van der Waals surface area contributed by atoms with E-state index < -0.39 is 0 Å². The zero-order valence-electron chi connectivity index (χ0n) is 15.4. The molecule has 1 atom stereocenters. The van der Waals surface area contributed by atoms with E-state index >= 15 is 0 Å². The summed E-state index contributed by atoms with van der Waals surface area (Å²) in [6, 6.07) is -0.0762. The van der Waals surface area contributed by atoms with Gasteiger partial charge in [-0.3, -0.25) is 4.79 Å². The van der Waals surface area contributed by atoms with Crippen LogP contribution in [0.5, 0.6) is 0 Å². The SMILES string of the molecule is O=C(C1CCOCC1)N1CCCCC1c1nc(CCOCC2CC2)no1. The van der Waals surface area contributed by atoms with Gasteiger partial charge in [-0.2, -0.15) is 4.98 Å². The molecular weight excluding hydrogens is 334 g/mol. The molecule has 0 radical (unpaired) electrons. The number of hydrogen-bond acceptors (Lipinski definition) is 6. The van der Waals surface area contributed by atoms with Gasteiger partial charge in [-0.25, -0.2) is 0 Å². The lowest BCUT2D eigenvalue weighted by Gasteiger charge is -2.36. The molecule has 3 heterocycles. The van der Waals surface area contributed by atoms with E-state index in [0.717, 1.165) is 51.2 Å². The molecule has 0 spiro atoms. The highest BCUT2D eigenvalue weighted by atomic mass is 16.5. The molecule has 1 unspecified atom stereocenters. The summed E-state index contributed by atoms with van der Waals surface area (Å²) in [6.07, 6.45) is 7.92. The van der Waals surface area contributed by atoms with Crippen LogP contribution < -0.4 is 0 Å². The van der Waals surface area contributed by atoms with E-state index in [9.17, 15) is 4.79 Å². The van der Waals surface area contributed by atoms with Crippen molar-refractivity contribution in [3.8, 4) is 0 Å². The molecule has 0 aromatic carbocycles. The van der Waals surface area contributed by atoms with Gasteiger partial charge in [0.1, 0.15) is 6.04 Å². The van der Waals surface area contributed by atoms with Crippen molar-refractivity contribution in [2.75, 3.05) is 33.0 Å². The van der Waals surface area contributed by atoms with Gasteiger partial charge in [0.15, 0.2) is 5.82 Å². The van der Waals surface area contributed by atoms with Crippen LogP contribution in [-0.4, -0.2) is 53.9 Å². The molecule has 1 saturated carbocycles. The number of rotatable bonds is 7. The first-order valence-electron chi connectivity index (χ1n) is 10.1. The van der Waals surface area contributed by atoms with Crippen LogP contribution in [0.4, 0.5) is 0 Å². The second-order valence-corrected chi connectivity index (χ2v) is 7.75. The zero-order valence-corrected chi connectivity index (χ0v) is 15.4. The summed E-state index contributed by atoms with van der Waals surface area (Å²) in [5, 5.41) is 4.11. The fraction of sp³-hybridized carbons (Fsp3) is 0.842. The summed E-state index contributed by atoms with van der Waals surface area (Å²) in [5.74, 6) is 2.33. The van der Waals surface area contributed by atoms with Gasteiger partial charge in [0.25, 0.3) is 0 Å². The molecule has 144 valence electrons. The summed E-state index contributed by atoms with van der Waals surface area (Å²) in [4.78, 5) is 19.5. The Morgan fingerprint density at radius 2 is 2.00 bits per heavy atom. The Labute approximate surface area is 154 Å². The molecule has 7 heteroatoms. The summed E-state index contributed by atoms with van der Waals surface area (Å²) in [7, 11) is 0. The normalized spacial score (nSPS) is 24.8. The van der Waals surface area contributed by atoms with E-state index in [4.69, 9.17) is 14.0 Å². The molecular formula is C19H29N3O4. The third-order valence-electron chi connectivity index (χ3n) is 5.65. The molecule has 26 heavy (non-hydrogen) atoms. The van der Waals surface area contributed by atoms with Crippen LogP contribution in [0.1, 0.15) is 62.7 Å². The zero-order chi connectivity index (χ0) is 17.8. The minimum absolute atomic E-state index is 0.0718. The van der Waals surface area contributed by atoms with Gasteiger partial charge in [0.2, 0.25) is 11.8 Å². The molecule has 0 bridgehead atoms. The van der Waals surface area contributed by atoms with Gasteiger partial charge in [-0.1, -0.05) is 5.16 Å². The lowest BCUT2D eigenvalue weighted by Crippen LogP contribution is -2.43. The number of likely N-dealkylation sites (tertiary alicyclic amines) is 1. The molecule has 1 aromatic heterocycles. The molecule has 1 aliphatic carbocycles. The van der Waals surface area contributed by atoms with Crippen LogP contribution in [0.15, 0.2) is 4.52 Å². The van der Waals surface area contributed by atoms with Crippen LogP contribution in [0.25, 0.3) is 0 Å². The largest absolute Gasteiger partial charge is 0.381 e. The molecule has 3 aliphatic rings. The lowest BCUT2D eigenvalue weighted by molar-refractivity contribution is -0.143. The van der Waals surface area contributed by atoms with Gasteiger partial charge in [-0.05, 0) is 50.9 Å². The highest BCUT2D eigenvalue weighted by molar-refractivity contribution is 5.79. The number of piperidine rings is 1. The summed E-state index contributed by atoms with van der Waals surface area (Å²) >= 11 is 0. The van der Waals surface area contributed by atoms with E-state index in [1.807, 2.05) is 4.90 Å². The third kappa shape index (κ3) is 4.43. The fourth-order valence-corrected chi connectivity index (χ4v) is 3.83. The van der Waals surface area contributed by atoms with Crippen LogP contribution in [0, 0.1) is 11.8 Å². The number of hydrogen-bond donors (Lipinski definition) is 0. The fourth-order valence-electron chi connectivity index (χ4n) is 3.83. The first kappa shape index (κ1) is 17.9. The topological polar surface area (TPSA) is 77.7 Å². The van der Waals surface area contributed by atoms with Gasteiger partial charge >= 0.3 is 0 Å². The third-order valence-corrected chi connectivity index (χ3v) is 5.65. The van der Waals surface area contributed by atoms with E-state index in [1.54, 1.807) is 0 Å². The van der Waals surface area contributed by atoms with Crippen molar-refractivity contribution >= 4 is 5.91 Å². The van der Waals surface area contributed by atoms with Gasteiger partial charge in [-0.15, -0.1) is 0 Å². The molecule has 0 N–H and O–H groups in total. The van der Waals surface area contributed by atoms with Crippen molar-refractivity contribution in [3.05, 3.63) is 11.7 Å². The van der Waals surface area contributed by atoms with Crippen LogP contribution in [0.2, 0.25) is 0 Å². The second kappa shape index (κ2) is 8.48. The van der Waals surface area contributed by atoms with Crippen molar-refractivity contribution in [1.29, 1.82) is 0 Å². The van der Waals surface area contributed by atoms with E-state index in [-0.39, 0.29) is 17.9 Å². The quantitative estimate of drug-likeness (QED) is 0.693. The van der Waals surface area contributed by atoms with Crippen LogP contribution in [-0.2, 0) is 20.7 Å². The number of aromatic nitrogens is 2. The summed E-state index contributed by atoms with van der Waals surface area (Å²) in [6.45, 7) is 3.62. The number of carbonyl (C=O) groups excluding carboxylic acids is 1. The Bertz CT molecular complexity index is 595. The minimum atomic E-state index is -0.0762. The van der Waals surface area contributed by atoms with Crippen molar-refractivity contribution in [3.63, 3.8) is 0 Å². The van der Waals surface area contributed by atoms with E-state index in [0.29, 0.717) is 38.0 Å². The average molecular weight is 363 g/mol. The molecule has 7 nitrogen and oxygen atoms in total. The number of amides is 1. The molecule has 1 aromatic rings. The predicted molar refractivity (Wildman–Crippen MR) is 93.4 cm³/mol. The minimum Gasteiger partial charge on any atom is -0.381 e. The highest BCUT2D eigenvalue weighted by Gasteiger charge is 2.35. The monoisotopic (exact) mass is 363 g/mol. The molecule has 1 amide bonds. The van der Waals surface area contributed by atoms with Gasteiger partial charge in [0.05, 0.1) is 6.61 Å². The average Bonchev–Trinajstić information content (AvgIpc) is 3.41. The molecule has 3 fully saturated rings. The van der Waals surface area contributed by atoms with Crippen LogP contribution >= 0.6 is 0 Å². The van der Waals surface area contributed by atoms with Crippen LogP contribution in [0.3, 0.4) is 0 Å². The number of ether oxygens (including phenoxy) is 2. The van der Waals surface area contributed by atoms with Crippen molar-refractivity contribution in [2.24, 2.45) is 11.8 Å². The Balaban J connectivity index is 1.35. The summed E-state index contributed by atoms with van der Waals surface area (Å²) in [5.41, 5.74) is 0. The molecule has 2 aliphatic heterocycles. The Kier molecular flexibility index (Phi) is 5.84. The maximum Gasteiger partial charge on any atom is 0.249 e. The Morgan fingerprint density at radius 3 is 2.81 bits per heavy atom. The predicted octanol–water partition coefficient (Wildman–Crippen LogP) is 2.52. The van der Waals surface area contributed by atoms with E-state index in [2.05, 4.69) is 10.1 Å². The number of nitrogens with zero attached hydrogens (tertiary/aromatic N) is 3. The Morgan fingerprint density at radius 1 is 1.15 bits per heavy atom. The molecule has 4 rings (SSSR count). The first-order chi connectivity index (χ1) is 12.8. The highest BCUT2D eigenvalue weighted by Crippen LogP contribution is 2.33. The summed E-state index contributed by atoms with van der Waals surface area (Å²) < 4.78 is 16.6. The lowest BCUT2D eigenvalue weighted by atomic mass is 9.94. The van der Waals surface area contributed by atoms with E-state index in [1.165, 1.54) is 12.8 Å². The first-order valence-corrected chi connectivity index (χ1v) is 10.1. The maximum absolute atomic E-state index is 13.0. The second-order valence-electron chi connectivity index (χ2n) is 7.75. The van der Waals surface area contributed by atoms with Crippen molar-refractivity contribution < 1.29 is 18.8 Å². The van der Waals surface area contributed by atoms with Gasteiger partial charge < -0.3 is 18.9 Å². The van der Waals surface area contributed by atoms with Crippen molar-refractivity contribution in [2.45, 2.75) is 57.4 Å². The number of carbonyl (C=O) groups is 1. The van der Waals surface area contributed by atoms with Gasteiger partial charge in [0, 0.05) is 38.7 Å².